The van der Waals surface area contributed by atoms with Crippen LogP contribution in [0.1, 0.15) is 56.5 Å². The summed E-state index contributed by atoms with van der Waals surface area (Å²) in [6.45, 7) is 3.57. The number of rotatable bonds is 2. The molecule has 1 aromatic heterocycles. The van der Waals surface area contributed by atoms with E-state index in [-0.39, 0.29) is 17.7 Å². The fraction of sp³-hybridized carbons (Fsp3) is 0.667. The maximum Gasteiger partial charge on any atom is 0.435 e. The lowest BCUT2D eigenvalue weighted by molar-refractivity contribution is -0.141. The lowest BCUT2D eigenvalue weighted by atomic mass is 10.0. The number of Topliss-reactive ketones (excluding diaryl/α,β-unsaturated/α-hetero) is 1. The maximum atomic E-state index is 12.7. The van der Waals surface area contributed by atoms with Crippen LogP contribution < -0.4 is 0 Å². The maximum absolute atomic E-state index is 12.7. The molecule has 1 aromatic rings. The van der Waals surface area contributed by atoms with E-state index in [0.717, 1.165) is 6.07 Å². The predicted octanol–water partition coefficient (Wildman–Crippen LogP) is 3.32. The SMILES string of the molecule is CC(C)n1nc(C(F)(F)F)cc1[C@@H]1CCC(=O)C1. The van der Waals surface area contributed by atoms with Crippen LogP contribution in [0.4, 0.5) is 13.2 Å². The van der Waals surface area contributed by atoms with Crippen LogP contribution in [0.5, 0.6) is 0 Å². The van der Waals surface area contributed by atoms with Crippen LogP contribution in [-0.4, -0.2) is 15.6 Å². The van der Waals surface area contributed by atoms with E-state index >= 15 is 0 Å². The average Bonchev–Trinajstić information content (AvgIpc) is 2.81. The fourth-order valence-corrected chi connectivity index (χ4v) is 2.33. The summed E-state index contributed by atoms with van der Waals surface area (Å²) in [7, 11) is 0. The Balaban J connectivity index is 2.39. The number of hydrogen-bond acceptors (Lipinski definition) is 2. The van der Waals surface area contributed by atoms with E-state index < -0.39 is 11.9 Å². The Morgan fingerprint density at radius 2 is 2.11 bits per heavy atom. The Labute approximate surface area is 103 Å². The van der Waals surface area contributed by atoms with Gasteiger partial charge in [-0.05, 0) is 26.3 Å². The first-order chi connectivity index (χ1) is 8.29. The van der Waals surface area contributed by atoms with E-state index in [2.05, 4.69) is 5.10 Å². The molecule has 2 rings (SSSR count). The Morgan fingerprint density at radius 3 is 2.56 bits per heavy atom. The fourth-order valence-electron chi connectivity index (χ4n) is 2.33. The number of halogens is 3. The molecule has 0 unspecified atom stereocenters. The molecule has 1 fully saturated rings. The van der Waals surface area contributed by atoms with E-state index in [1.165, 1.54) is 4.68 Å². The molecule has 1 atom stereocenters. The van der Waals surface area contributed by atoms with E-state index in [4.69, 9.17) is 0 Å². The van der Waals surface area contributed by atoms with E-state index in [0.29, 0.717) is 25.0 Å². The first kappa shape index (κ1) is 13.1. The quantitative estimate of drug-likeness (QED) is 0.817. The molecule has 0 aromatic carbocycles. The molecule has 0 bridgehead atoms. The van der Waals surface area contributed by atoms with Crippen molar-refractivity contribution in [2.24, 2.45) is 0 Å². The first-order valence-electron chi connectivity index (χ1n) is 5.97. The highest BCUT2D eigenvalue weighted by atomic mass is 19.4. The van der Waals surface area contributed by atoms with Crippen molar-refractivity contribution in [3.63, 3.8) is 0 Å². The van der Waals surface area contributed by atoms with Crippen molar-refractivity contribution in [1.29, 1.82) is 0 Å². The summed E-state index contributed by atoms with van der Waals surface area (Å²) < 4.78 is 39.4. The van der Waals surface area contributed by atoms with Crippen molar-refractivity contribution in [1.82, 2.24) is 9.78 Å². The second kappa shape index (κ2) is 4.40. The van der Waals surface area contributed by atoms with Crippen molar-refractivity contribution in [3.8, 4) is 0 Å². The molecule has 1 aliphatic carbocycles. The van der Waals surface area contributed by atoms with Crippen molar-refractivity contribution in [3.05, 3.63) is 17.5 Å². The zero-order valence-corrected chi connectivity index (χ0v) is 10.3. The van der Waals surface area contributed by atoms with Crippen molar-refractivity contribution < 1.29 is 18.0 Å². The molecular formula is C12H15F3N2O. The highest BCUT2D eigenvalue weighted by molar-refractivity contribution is 5.81. The Bertz CT molecular complexity index is 462. The number of ketones is 1. The predicted molar refractivity (Wildman–Crippen MR) is 59.2 cm³/mol. The molecule has 6 heteroatoms. The molecule has 3 nitrogen and oxygen atoms in total. The number of aromatic nitrogens is 2. The van der Waals surface area contributed by atoms with Gasteiger partial charge in [-0.15, -0.1) is 0 Å². The van der Waals surface area contributed by atoms with Crippen LogP contribution in [0.2, 0.25) is 0 Å². The zero-order chi connectivity index (χ0) is 13.5. The van der Waals surface area contributed by atoms with Gasteiger partial charge in [0.1, 0.15) is 5.78 Å². The topological polar surface area (TPSA) is 34.9 Å². The van der Waals surface area contributed by atoms with Gasteiger partial charge in [0.2, 0.25) is 0 Å². The molecule has 1 saturated carbocycles. The third-order valence-corrected chi connectivity index (χ3v) is 3.21. The molecule has 1 aliphatic rings. The molecule has 0 N–H and O–H groups in total. The molecule has 0 aliphatic heterocycles. The van der Waals surface area contributed by atoms with Crippen molar-refractivity contribution in [2.75, 3.05) is 0 Å². The number of hydrogen-bond donors (Lipinski definition) is 0. The number of carbonyl (C=O) groups excluding carboxylic acids is 1. The van der Waals surface area contributed by atoms with Gasteiger partial charge < -0.3 is 0 Å². The molecule has 1 heterocycles. The van der Waals surface area contributed by atoms with Gasteiger partial charge in [0.25, 0.3) is 0 Å². The normalized spacial score (nSPS) is 21.0. The summed E-state index contributed by atoms with van der Waals surface area (Å²) in [5.41, 5.74) is -0.339. The number of alkyl halides is 3. The Kier molecular flexibility index (Phi) is 3.21. The van der Waals surface area contributed by atoms with Gasteiger partial charge in [0, 0.05) is 30.5 Å². The molecule has 100 valence electrons. The highest BCUT2D eigenvalue weighted by Crippen LogP contribution is 2.37. The molecule has 0 radical (unpaired) electrons. The molecule has 0 amide bonds. The lowest BCUT2D eigenvalue weighted by Crippen LogP contribution is -2.11. The Hall–Kier alpha value is -1.33. The summed E-state index contributed by atoms with van der Waals surface area (Å²) in [4.78, 5) is 11.3. The monoisotopic (exact) mass is 260 g/mol. The highest BCUT2D eigenvalue weighted by Gasteiger charge is 2.37. The second-order valence-electron chi connectivity index (χ2n) is 4.97. The van der Waals surface area contributed by atoms with Gasteiger partial charge in [-0.1, -0.05) is 0 Å². The average molecular weight is 260 g/mol. The molecule has 0 spiro atoms. The van der Waals surface area contributed by atoms with E-state index in [9.17, 15) is 18.0 Å². The van der Waals surface area contributed by atoms with Crippen LogP contribution in [0.3, 0.4) is 0 Å². The summed E-state index contributed by atoms with van der Waals surface area (Å²) in [5, 5.41) is 3.63. The summed E-state index contributed by atoms with van der Waals surface area (Å²) in [6, 6.07) is 0.940. The third-order valence-electron chi connectivity index (χ3n) is 3.21. The van der Waals surface area contributed by atoms with E-state index in [1.54, 1.807) is 13.8 Å². The minimum Gasteiger partial charge on any atom is -0.300 e. The first-order valence-corrected chi connectivity index (χ1v) is 5.97. The van der Waals surface area contributed by atoms with Gasteiger partial charge in [0.05, 0.1) is 0 Å². The van der Waals surface area contributed by atoms with Crippen LogP contribution in [-0.2, 0) is 11.0 Å². The summed E-state index contributed by atoms with van der Waals surface area (Å²) in [5.74, 6) is -0.00596. The van der Waals surface area contributed by atoms with Crippen LogP contribution in [0, 0.1) is 0 Å². The number of nitrogens with zero attached hydrogens (tertiary/aromatic N) is 2. The number of carbonyl (C=O) groups is 1. The third kappa shape index (κ3) is 2.42. The smallest absolute Gasteiger partial charge is 0.300 e. The van der Waals surface area contributed by atoms with Gasteiger partial charge in [-0.2, -0.15) is 18.3 Å². The summed E-state index contributed by atoms with van der Waals surface area (Å²) >= 11 is 0. The van der Waals surface area contributed by atoms with Gasteiger partial charge in [0.15, 0.2) is 5.69 Å². The molecule has 18 heavy (non-hydrogen) atoms. The molecule has 0 saturated heterocycles. The van der Waals surface area contributed by atoms with Crippen LogP contribution in [0.15, 0.2) is 6.07 Å². The standard InChI is InChI=1S/C12H15F3N2O/c1-7(2)17-10(8-3-4-9(18)5-8)6-11(16-17)12(13,14)15/h6-8H,3-5H2,1-2H3/t8-/m1/s1. The zero-order valence-electron chi connectivity index (χ0n) is 10.3. The largest absolute Gasteiger partial charge is 0.435 e. The second-order valence-corrected chi connectivity index (χ2v) is 4.97. The minimum absolute atomic E-state index is 0.116. The van der Waals surface area contributed by atoms with E-state index in [1.807, 2.05) is 0 Å². The van der Waals surface area contributed by atoms with Gasteiger partial charge in [-0.3, -0.25) is 9.48 Å². The lowest BCUT2D eigenvalue weighted by Gasteiger charge is -2.14. The van der Waals surface area contributed by atoms with Crippen molar-refractivity contribution in [2.45, 2.75) is 51.2 Å². The van der Waals surface area contributed by atoms with Crippen LogP contribution >= 0.6 is 0 Å². The van der Waals surface area contributed by atoms with Gasteiger partial charge in [-0.25, -0.2) is 0 Å². The van der Waals surface area contributed by atoms with Crippen LogP contribution in [0.25, 0.3) is 0 Å². The Morgan fingerprint density at radius 1 is 1.44 bits per heavy atom. The van der Waals surface area contributed by atoms with Crippen molar-refractivity contribution >= 4 is 5.78 Å². The van der Waals surface area contributed by atoms with Gasteiger partial charge >= 0.3 is 6.18 Å². The molecular weight excluding hydrogens is 245 g/mol. The minimum atomic E-state index is -4.43. The summed E-state index contributed by atoms with van der Waals surface area (Å²) in [6.07, 6.45) is -3.03.